The molecule has 0 saturated heterocycles. The van der Waals surface area contributed by atoms with Gasteiger partial charge in [0.2, 0.25) is 0 Å². The molecule has 96 valence electrons. The van der Waals surface area contributed by atoms with Crippen molar-refractivity contribution < 1.29 is 5.11 Å². The first-order chi connectivity index (χ1) is 8.29. The predicted molar refractivity (Wildman–Crippen MR) is 73.2 cm³/mol. The number of nitrogens with one attached hydrogen (secondary N) is 1. The van der Waals surface area contributed by atoms with Gasteiger partial charge in [-0.15, -0.1) is 11.3 Å². The summed E-state index contributed by atoms with van der Waals surface area (Å²) in [6, 6.07) is 4.51. The molecule has 0 spiro atoms. The van der Waals surface area contributed by atoms with Crippen LogP contribution in [-0.4, -0.2) is 17.8 Å². The highest BCUT2D eigenvalue weighted by atomic mass is 32.1. The first-order valence-electron chi connectivity index (χ1n) is 6.66. The minimum Gasteiger partial charge on any atom is -0.395 e. The fourth-order valence-electron chi connectivity index (χ4n) is 2.71. The fourth-order valence-corrected chi connectivity index (χ4v) is 3.37. The van der Waals surface area contributed by atoms with Crippen LogP contribution < -0.4 is 5.32 Å². The van der Waals surface area contributed by atoms with Crippen LogP contribution in [0.2, 0.25) is 0 Å². The third-order valence-electron chi connectivity index (χ3n) is 3.94. The normalized spacial score (nSPS) is 26.9. The zero-order chi connectivity index (χ0) is 12.1. The molecule has 2 rings (SSSR count). The Labute approximate surface area is 108 Å². The fraction of sp³-hybridized carbons (Fsp3) is 0.714. The van der Waals surface area contributed by atoms with E-state index in [0.717, 1.165) is 12.5 Å². The van der Waals surface area contributed by atoms with Crippen LogP contribution in [0.25, 0.3) is 0 Å². The van der Waals surface area contributed by atoms with E-state index in [1.54, 1.807) is 11.3 Å². The number of rotatable bonds is 5. The van der Waals surface area contributed by atoms with Crippen molar-refractivity contribution in [2.75, 3.05) is 6.61 Å². The lowest BCUT2D eigenvalue weighted by atomic mass is 9.79. The van der Waals surface area contributed by atoms with E-state index in [1.165, 1.54) is 30.6 Å². The first-order valence-corrected chi connectivity index (χ1v) is 7.54. The van der Waals surface area contributed by atoms with Crippen LogP contribution >= 0.6 is 11.3 Å². The Morgan fingerprint density at radius 3 is 2.76 bits per heavy atom. The summed E-state index contributed by atoms with van der Waals surface area (Å²) >= 11 is 1.78. The summed E-state index contributed by atoms with van der Waals surface area (Å²) in [5.41, 5.74) is 0. The Hall–Kier alpha value is -0.380. The first kappa shape index (κ1) is 13.1. The topological polar surface area (TPSA) is 32.3 Å². The van der Waals surface area contributed by atoms with Crippen LogP contribution in [0.3, 0.4) is 0 Å². The Bertz CT molecular complexity index is 304. The van der Waals surface area contributed by atoms with Crippen molar-refractivity contribution in [3.8, 4) is 0 Å². The lowest BCUT2D eigenvalue weighted by Gasteiger charge is -2.32. The van der Waals surface area contributed by atoms with Gasteiger partial charge in [0, 0.05) is 17.5 Å². The second-order valence-electron chi connectivity index (χ2n) is 5.27. The summed E-state index contributed by atoms with van der Waals surface area (Å²) in [5, 5.41) is 15.1. The maximum absolute atomic E-state index is 9.51. The van der Waals surface area contributed by atoms with E-state index in [9.17, 15) is 5.11 Å². The molecule has 1 atom stereocenters. The number of aliphatic hydroxyl groups is 1. The highest BCUT2D eigenvalue weighted by Gasteiger charge is 2.25. The second kappa shape index (κ2) is 6.53. The summed E-state index contributed by atoms with van der Waals surface area (Å²) in [6.45, 7) is 3.50. The van der Waals surface area contributed by atoms with Crippen molar-refractivity contribution in [2.24, 2.45) is 11.8 Å². The molecule has 0 aliphatic heterocycles. The molecule has 0 bridgehead atoms. The molecule has 1 aromatic heterocycles. The van der Waals surface area contributed by atoms with Gasteiger partial charge in [-0.1, -0.05) is 25.8 Å². The Morgan fingerprint density at radius 1 is 1.41 bits per heavy atom. The molecule has 17 heavy (non-hydrogen) atoms. The Kier molecular flexibility index (Phi) is 5.01. The number of aliphatic hydroxyl groups excluding tert-OH is 1. The molecular weight excluding hydrogens is 230 g/mol. The van der Waals surface area contributed by atoms with Crippen molar-refractivity contribution >= 4 is 11.3 Å². The van der Waals surface area contributed by atoms with Crippen LogP contribution in [0.4, 0.5) is 0 Å². The molecule has 1 unspecified atom stereocenters. The third kappa shape index (κ3) is 3.80. The highest BCUT2D eigenvalue weighted by Crippen LogP contribution is 2.30. The van der Waals surface area contributed by atoms with Gasteiger partial charge in [-0.3, -0.25) is 0 Å². The molecule has 0 amide bonds. The van der Waals surface area contributed by atoms with Gasteiger partial charge in [0.25, 0.3) is 0 Å². The molecule has 2 N–H and O–H groups in total. The third-order valence-corrected chi connectivity index (χ3v) is 4.82. The van der Waals surface area contributed by atoms with Gasteiger partial charge < -0.3 is 10.4 Å². The van der Waals surface area contributed by atoms with E-state index in [0.29, 0.717) is 5.92 Å². The zero-order valence-electron chi connectivity index (χ0n) is 10.6. The lowest BCUT2D eigenvalue weighted by Crippen LogP contribution is -2.40. The molecule has 0 aromatic carbocycles. The molecule has 1 heterocycles. The van der Waals surface area contributed by atoms with Crippen LogP contribution in [0.15, 0.2) is 17.5 Å². The number of hydrogen-bond acceptors (Lipinski definition) is 3. The average Bonchev–Trinajstić information content (AvgIpc) is 2.85. The van der Waals surface area contributed by atoms with Crippen molar-refractivity contribution in [3.63, 3.8) is 0 Å². The molecule has 2 nitrogen and oxygen atoms in total. The largest absolute Gasteiger partial charge is 0.395 e. The molecule has 1 aliphatic rings. The predicted octanol–water partition coefficient (Wildman–Crippen LogP) is 3.02. The van der Waals surface area contributed by atoms with Gasteiger partial charge in [-0.05, 0) is 36.1 Å². The van der Waals surface area contributed by atoms with Crippen LogP contribution in [0.5, 0.6) is 0 Å². The number of hydrogen-bond donors (Lipinski definition) is 2. The summed E-state index contributed by atoms with van der Waals surface area (Å²) in [5.74, 6) is 1.54. The summed E-state index contributed by atoms with van der Waals surface area (Å²) in [4.78, 5) is 1.35. The van der Waals surface area contributed by atoms with E-state index >= 15 is 0 Å². The molecular formula is C14H23NOS. The lowest BCUT2D eigenvalue weighted by molar-refractivity contribution is 0.157. The number of thiophene rings is 1. The Balaban J connectivity index is 1.80. The van der Waals surface area contributed by atoms with Crippen LogP contribution in [0.1, 0.15) is 37.5 Å². The molecule has 1 fully saturated rings. The van der Waals surface area contributed by atoms with Gasteiger partial charge in [0.05, 0.1) is 6.61 Å². The van der Waals surface area contributed by atoms with Crippen LogP contribution in [-0.2, 0) is 6.54 Å². The van der Waals surface area contributed by atoms with Crippen LogP contribution in [0, 0.1) is 11.8 Å². The van der Waals surface area contributed by atoms with Gasteiger partial charge in [0.15, 0.2) is 0 Å². The summed E-state index contributed by atoms with van der Waals surface area (Å²) in [7, 11) is 0. The molecule has 1 saturated carbocycles. The maximum Gasteiger partial charge on any atom is 0.0587 e. The van der Waals surface area contributed by atoms with Gasteiger partial charge in [0.1, 0.15) is 0 Å². The van der Waals surface area contributed by atoms with Crippen molar-refractivity contribution in [1.29, 1.82) is 0 Å². The average molecular weight is 253 g/mol. The molecule has 1 aromatic rings. The van der Waals surface area contributed by atoms with E-state index in [1.807, 2.05) is 0 Å². The van der Waals surface area contributed by atoms with E-state index in [-0.39, 0.29) is 12.6 Å². The Morgan fingerprint density at radius 2 is 2.18 bits per heavy atom. The van der Waals surface area contributed by atoms with E-state index in [4.69, 9.17) is 0 Å². The standard InChI is InChI=1S/C14H23NOS/c1-11-4-6-12(7-5-11)14(10-16)15-9-13-3-2-8-17-13/h2-3,8,11-12,14-16H,4-7,9-10H2,1H3. The monoisotopic (exact) mass is 253 g/mol. The van der Waals surface area contributed by atoms with E-state index < -0.39 is 0 Å². The van der Waals surface area contributed by atoms with Gasteiger partial charge >= 0.3 is 0 Å². The smallest absolute Gasteiger partial charge is 0.0587 e. The van der Waals surface area contributed by atoms with Crippen molar-refractivity contribution in [3.05, 3.63) is 22.4 Å². The summed E-state index contributed by atoms with van der Waals surface area (Å²) in [6.07, 6.45) is 5.18. The van der Waals surface area contributed by atoms with Crippen molar-refractivity contribution in [1.82, 2.24) is 5.32 Å². The minimum absolute atomic E-state index is 0.268. The molecule has 0 radical (unpaired) electrons. The SMILES string of the molecule is CC1CCC(C(CO)NCc2cccs2)CC1. The minimum atomic E-state index is 0.268. The summed E-state index contributed by atoms with van der Waals surface area (Å²) < 4.78 is 0. The molecule has 1 aliphatic carbocycles. The van der Waals surface area contributed by atoms with Crippen molar-refractivity contribution in [2.45, 2.75) is 45.2 Å². The van der Waals surface area contributed by atoms with E-state index in [2.05, 4.69) is 29.8 Å². The van der Waals surface area contributed by atoms with Gasteiger partial charge in [-0.2, -0.15) is 0 Å². The quantitative estimate of drug-likeness (QED) is 0.845. The highest BCUT2D eigenvalue weighted by molar-refractivity contribution is 7.09. The maximum atomic E-state index is 9.51. The second-order valence-corrected chi connectivity index (χ2v) is 6.30. The molecule has 3 heteroatoms. The zero-order valence-corrected chi connectivity index (χ0v) is 11.4. The van der Waals surface area contributed by atoms with Gasteiger partial charge in [-0.25, -0.2) is 0 Å².